The first-order valence-corrected chi connectivity index (χ1v) is 8.22. The second-order valence-corrected chi connectivity index (χ2v) is 5.97. The van der Waals surface area contributed by atoms with Crippen LogP contribution < -0.4 is 10.1 Å². The number of alkyl halides is 3. The van der Waals surface area contributed by atoms with Crippen LogP contribution in [0, 0.1) is 0 Å². The lowest BCUT2D eigenvalue weighted by Crippen LogP contribution is -2.44. The highest BCUT2D eigenvalue weighted by molar-refractivity contribution is 5.90. The molecule has 0 unspecified atom stereocenters. The minimum atomic E-state index is -4.52. The van der Waals surface area contributed by atoms with Crippen molar-refractivity contribution in [2.24, 2.45) is 0 Å². The molecule has 138 valence electrons. The van der Waals surface area contributed by atoms with E-state index in [-0.39, 0.29) is 11.8 Å². The third-order valence-electron chi connectivity index (χ3n) is 4.14. The normalized spacial score (nSPS) is 15.6. The van der Waals surface area contributed by atoms with Crippen LogP contribution in [0.4, 0.5) is 23.7 Å². The molecule has 0 radical (unpaired) electrons. The SMILES string of the molecule is O=C(Nc1ccccc1C(F)(F)F)N1CCC(Oc2cccnc2)CC1. The smallest absolute Gasteiger partial charge is 0.418 e. The number of carbonyl (C=O) groups is 1. The van der Waals surface area contributed by atoms with Crippen LogP contribution in [-0.4, -0.2) is 35.1 Å². The molecule has 8 heteroatoms. The molecule has 1 aliphatic rings. The molecule has 1 aliphatic heterocycles. The Morgan fingerprint density at radius 1 is 1.15 bits per heavy atom. The van der Waals surface area contributed by atoms with Crippen LogP contribution in [0.2, 0.25) is 0 Å². The number of ether oxygens (including phenoxy) is 1. The largest absolute Gasteiger partial charge is 0.489 e. The van der Waals surface area contributed by atoms with Gasteiger partial charge in [-0.05, 0) is 24.3 Å². The van der Waals surface area contributed by atoms with Gasteiger partial charge in [-0.3, -0.25) is 4.98 Å². The summed E-state index contributed by atoms with van der Waals surface area (Å²) in [6.45, 7) is 0.815. The monoisotopic (exact) mass is 365 g/mol. The molecular formula is C18H18F3N3O2. The third-order valence-corrected chi connectivity index (χ3v) is 4.14. The molecule has 3 rings (SSSR count). The van der Waals surface area contributed by atoms with Gasteiger partial charge in [0.1, 0.15) is 11.9 Å². The van der Waals surface area contributed by atoms with E-state index in [4.69, 9.17) is 4.74 Å². The number of benzene rings is 1. The van der Waals surface area contributed by atoms with Gasteiger partial charge in [0.15, 0.2) is 0 Å². The van der Waals surface area contributed by atoms with E-state index < -0.39 is 17.8 Å². The van der Waals surface area contributed by atoms with Crippen molar-refractivity contribution in [3.63, 3.8) is 0 Å². The fourth-order valence-electron chi connectivity index (χ4n) is 2.82. The van der Waals surface area contributed by atoms with Gasteiger partial charge in [-0.1, -0.05) is 12.1 Å². The lowest BCUT2D eigenvalue weighted by Gasteiger charge is -2.32. The van der Waals surface area contributed by atoms with Crippen molar-refractivity contribution in [3.8, 4) is 5.75 Å². The Hall–Kier alpha value is -2.77. The Balaban J connectivity index is 1.56. The highest BCUT2D eigenvalue weighted by atomic mass is 19.4. The Kier molecular flexibility index (Phi) is 5.29. The number of para-hydroxylation sites is 1. The first-order valence-electron chi connectivity index (χ1n) is 8.22. The number of nitrogens with zero attached hydrogens (tertiary/aromatic N) is 2. The molecule has 1 aromatic heterocycles. The highest BCUT2D eigenvalue weighted by Gasteiger charge is 2.34. The number of hydrogen-bond acceptors (Lipinski definition) is 3. The van der Waals surface area contributed by atoms with E-state index >= 15 is 0 Å². The minimum Gasteiger partial charge on any atom is -0.489 e. The summed E-state index contributed by atoms with van der Waals surface area (Å²) in [7, 11) is 0. The number of halogens is 3. The van der Waals surface area contributed by atoms with Crippen LogP contribution in [-0.2, 0) is 6.18 Å². The van der Waals surface area contributed by atoms with Crippen molar-refractivity contribution in [2.45, 2.75) is 25.1 Å². The predicted octanol–water partition coefficient (Wildman–Crippen LogP) is 4.18. The fourth-order valence-corrected chi connectivity index (χ4v) is 2.82. The number of nitrogens with one attached hydrogen (secondary N) is 1. The molecule has 0 aliphatic carbocycles. The van der Waals surface area contributed by atoms with E-state index in [1.165, 1.54) is 23.1 Å². The number of carbonyl (C=O) groups excluding carboxylic acids is 1. The standard InChI is InChI=1S/C18H18F3N3O2/c19-18(20,21)15-5-1-2-6-16(15)23-17(25)24-10-7-13(8-11-24)26-14-4-3-9-22-12-14/h1-6,9,12-13H,7-8,10-11H2,(H,23,25). The Morgan fingerprint density at radius 3 is 2.54 bits per heavy atom. The number of piperidine rings is 1. The number of urea groups is 1. The van der Waals surface area contributed by atoms with E-state index in [0.29, 0.717) is 31.7 Å². The van der Waals surface area contributed by atoms with Crippen molar-refractivity contribution in [3.05, 3.63) is 54.4 Å². The fraction of sp³-hybridized carbons (Fsp3) is 0.333. The Morgan fingerprint density at radius 2 is 1.88 bits per heavy atom. The van der Waals surface area contributed by atoms with Crippen molar-refractivity contribution in [1.29, 1.82) is 0 Å². The molecule has 26 heavy (non-hydrogen) atoms. The van der Waals surface area contributed by atoms with Gasteiger partial charge in [0.25, 0.3) is 0 Å². The summed E-state index contributed by atoms with van der Waals surface area (Å²) in [5, 5.41) is 2.37. The Labute approximate surface area is 148 Å². The van der Waals surface area contributed by atoms with E-state index in [9.17, 15) is 18.0 Å². The van der Waals surface area contributed by atoms with Crippen molar-refractivity contribution >= 4 is 11.7 Å². The first-order chi connectivity index (χ1) is 12.4. The molecule has 0 saturated carbocycles. The van der Waals surface area contributed by atoms with Gasteiger partial charge in [-0.2, -0.15) is 13.2 Å². The summed E-state index contributed by atoms with van der Waals surface area (Å²) in [6, 6.07) is 7.98. The predicted molar refractivity (Wildman–Crippen MR) is 89.9 cm³/mol. The maximum absolute atomic E-state index is 13.0. The number of aromatic nitrogens is 1. The molecule has 2 aromatic rings. The van der Waals surface area contributed by atoms with Crippen LogP contribution in [0.1, 0.15) is 18.4 Å². The molecule has 0 bridgehead atoms. The van der Waals surface area contributed by atoms with Crippen LogP contribution >= 0.6 is 0 Å². The number of likely N-dealkylation sites (tertiary alicyclic amines) is 1. The number of rotatable bonds is 3. The second-order valence-electron chi connectivity index (χ2n) is 5.97. The van der Waals surface area contributed by atoms with Crippen LogP contribution in [0.3, 0.4) is 0 Å². The summed E-state index contributed by atoms with van der Waals surface area (Å²) in [4.78, 5) is 17.8. The zero-order valence-electron chi connectivity index (χ0n) is 13.9. The van der Waals surface area contributed by atoms with Gasteiger partial charge in [0, 0.05) is 32.1 Å². The summed E-state index contributed by atoms with van der Waals surface area (Å²) >= 11 is 0. The first kappa shape index (κ1) is 18.0. The van der Waals surface area contributed by atoms with Gasteiger partial charge in [-0.25, -0.2) is 4.79 Å². The van der Waals surface area contributed by atoms with E-state index in [2.05, 4.69) is 10.3 Å². The molecule has 5 nitrogen and oxygen atoms in total. The number of amides is 2. The zero-order chi connectivity index (χ0) is 18.6. The lowest BCUT2D eigenvalue weighted by atomic mass is 10.1. The Bertz CT molecular complexity index is 745. The molecule has 1 fully saturated rings. The van der Waals surface area contributed by atoms with Crippen molar-refractivity contribution in [2.75, 3.05) is 18.4 Å². The minimum absolute atomic E-state index is 0.0503. The van der Waals surface area contributed by atoms with E-state index in [0.717, 1.165) is 6.07 Å². The van der Waals surface area contributed by atoms with E-state index in [1.807, 2.05) is 0 Å². The van der Waals surface area contributed by atoms with Gasteiger partial charge >= 0.3 is 12.2 Å². The van der Waals surface area contributed by atoms with Crippen LogP contribution in [0.15, 0.2) is 48.8 Å². The molecule has 2 heterocycles. The van der Waals surface area contributed by atoms with Gasteiger partial charge < -0.3 is 15.0 Å². The zero-order valence-corrected chi connectivity index (χ0v) is 13.9. The van der Waals surface area contributed by atoms with Crippen LogP contribution in [0.25, 0.3) is 0 Å². The quantitative estimate of drug-likeness (QED) is 0.888. The average molecular weight is 365 g/mol. The molecule has 1 aromatic carbocycles. The molecule has 2 amide bonds. The number of anilines is 1. The van der Waals surface area contributed by atoms with Crippen molar-refractivity contribution < 1.29 is 22.7 Å². The molecule has 1 N–H and O–H groups in total. The second kappa shape index (κ2) is 7.63. The van der Waals surface area contributed by atoms with Crippen molar-refractivity contribution in [1.82, 2.24) is 9.88 Å². The third kappa shape index (κ3) is 4.44. The maximum Gasteiger partial charge on any atom is 0.418 e. The topological polar surface area (TPSA) is 54.5 Å². The molecule has 0 spiro atoms. The summed E-state index contributed by atoms with van der Waals surface area (Å²) < 4.78 is 44.8. The van der Waals surface area contributed by atoms with Gasteiger partial charge in [0.2, 0.25) is 0 Å². The van der Waals surface area contributed by atoms with Crippen LogP contribution in [0.5, 0.6) is 5.75 Å². The summed E-state index contributed by atoms with van der Waals surface area (Å²) in [5.41, 5.74) is -1.10. The van der Waals surface area contributed by atoms with Gasteiger partial charge in [0.05, 0.1) is 17.4 Å². The number of pyridine rings is 1. The number of hydrogen-bond donors (Lipinski definition) is 1. The molecule has 0 atom stereocenters. The highest BCUT2D eigenvalue weighted by Crippen LogP contribution is 2.34. The lowest BCUT2D eigenvalue weighted by molar-refractivity contribution is -0.136. The van der Waals surface area contributed by atoms with Gasteiger partial charge in [-0.15, -0.1) is 0 Å². The molecule has 1 saturated heterocycles. The average Bonchev–Trinajstić information content (AvgIpc) is 2.63. The summed E-state index contributed by atoms with van der Waals surface area (Å²) in [6.07, 6.45) is -0.0992. The maximum atomic E-state index is 13.0. The molecular weight excluding hydrogens is 347 g/mol. The van der Waals surface area contributed by atoms with E-state index in [1.54, 1.807) is 24.5 Å². The summed E-state index contributed by atoms with van der Waals surface area (Å²) in [5.74, 6) is 0.662.